The molecule has 0 atom stereocenters. The van der Waals surface area contributed by atoms with Crippen molar-refractivity contribution < 1.29 is 9.53 Å². The Morgan fingerprint density at radius 1 is 0.897 bits per heavy atom. The molecule has 218 valence electrons. The number of aromatic nitrogens is 1. The van der Waals surface area contributed by atoms with Crippen molar-refractivity contribution in [3.05, 3.63) is 35.5 Å². The lowest BCUT2D eigenvalue weighted by atomic mass is 10.0. The van der Waals surface area contributed by atoms with Gasteiger partial charge in [-0.25, -0.2) is 4.79 Å². The van der Waals surface area contributed by atoms with Crippen LogP contribution in [0.1, 0.15) is 58.7 Å². The maximum Gasteiger partial charge on any atom is 0.410 e. The molecule has 0 aliphatic carbocycles. The number of rotatable bonds is 13. The molecule has 0 radical (unpaired) electrons. The third-order valence-electron chi connectivity index (χ3n) is 8.20. The van der Waals surface area contributed by atoms with Crippen LogP contribution in [-0.4, -0.2) is 102 Å². The maximum absolute atomic E-state index is 12.4. The Labute approximate surface area is 237 Å². The number of benzene rings is 1. The van der Waals surface area contributed by atoms with Gasteiger partial charge in [-0.2, -0.15) is 0 Å². The van der Waals surface area contributed by atoms with E-state index < -0.39 is 0 Å². The minimum Gasteiger partial charge on any atom is -0.450 e. The molecule has 2 aromatic rings. The van der Waals surface area contributed by atoms with E-state index in [1.54, 1.807) is 0 Å². The van der Waals surface area contributed by atoms with Gasteiger partial charge in [-0.1, -0.05) is 45.9 Å². The molecule has 1 fully saturated rings. The van der Waals surface area contributed by atoms with Crippen molar-refractivity contribution in [3.8, 4) is 0 Å². The highest BCUT2D eigenvalue weighted by Gasteiger charge is 2.27. The summed E-state index contributed by atoms with van der Waals surface area (Å²) in [6.07, 6.45) is 3.14. The fraction of sp³-hybridized carbons (Fsp3) is 0.719. The van der Waals surface area contributed by atoms with E-state index >= 15 is 0 Å². The molecule has 1 aromatic heterocycles. The van der Waals surface area contributed by atoms with E-state index in [1.165, 1.54) is 80.9 Å². The van der Waals surface area contributed by atoms with Gasteiger partial charge in [0.15, 0.2) is 0 Å². The van der Waals surface area contributed by atoms with Crippen molar-refractivity contribution in [2.24, 2.45) is 11.8 Å². The molecule has 0 N–H and O–H groups in total. The Morgan fingerprint density at radius 3 is 2.18 bits per heavy atom. The first-order valence-electron chi connectivity index (χ1n) is 15.5. The Kier molecular flexibility index (Phi) is 11.1. The van der Waals surface area contributed by atoms with Gasteiger partial charge in [-0.15, -0.1) is 0 Å². The van der Waals surface area contributed by atoms with Gasteiger partial charge in [0.2, 0.25) is 0 Å². The van der Waals surface area contributed by atoms with E-state index in [4.69, 9.17) is 4.74 Å². The van der Waals surface area contributed by atoms with Crippen LogP contribution < -0.4 is 0 Å². The van der Waals surface area contributed by atoms with Crippen molar-refractivity contribution >= 4 is 17.0 Å². The monoisotopic (exact) mass is 539 g/mol. The van der Waals surface area contributed by atoms with Gasteiger partial charge < -0.3 is 28.9 Å². The summed E-state index contributed by atoms with van der Waals surface area (Å²) in [6, 6.07) is 8.70. The maximum atomic E-state index is 12.4. The van der Waals surface area contributed by atoms with Crippen LogP contribution in [0.15, 0.2) is 24.3 Å². The second-order valence-corrected chi connectivity index (χ2v) is 12.4. The van der Waals surface area contributed by atoms with E-state index in [9.17, 15) is 4.79 Å². The summed E-state index contributed by atoms with van der Waals surface area (Å²) in [5.41, 5.74) is 4.02. The molecule has 1 amide bonds. The highest BCUT2D eigenvalue weighted by atomic mass is 16.6. The van der Waals surface area contributed by atoms with Crippen molar-refractivity contribution in [2.45, 2.75) is 67.0 Å². The van der Waals surface area contributed by atoms with E-state index in [-0.39, 0.29) is 6.09 Å². The first-order valence-corrected chi connectivity index (χ1v) is 15.5. The number of para-hydroxylation sites is 1. The molecule has 1 aromatic carbocycles. The zero-order chi connectivity index (χ0) is 27.8. The van der Waals surface area contributed by atoms with Crippen LogP contribution in [0.25, 0.3) is 10.9 Å². The van der Waals surface area contributed by atoms with Gasteiger partial charge in [0, 0.05) is 80.9 Å². The predicted octanol–water partition coefficient (Wildman–Crippen LogP) is 5.17. The molecule has 39 heavy (non-hydrogen) atoms. The summed E-state index contributed by atoms with van der Waals surface area (Å²) in [4.78, 5) is 22.2. The lowest BCUT2D eigenvalue weighted by Crippen LogP contribution is -2.47. The zero-order valence-corrected chi connectivity index (χ0v) is 25.3. The minimum absolute atomic E-state index is 0.192. The lowest BCUT2D eigenvalue weighted by molar-refractivity contribution is 0.102. The summed E-state index contributed by atoms with van der Waals surface area (Å²) in [5.74, 6) is 1.48. The Balaban J connectivity index is 1.23. The predicted molar refractivity (Wildman–Crippen MR) is 161 cm³/mol. The summed E-state index contributed by atoms with van der Waals surface area (Å²) in [7, 11) is 0. The normalized spacial score (nSPS) is 17.1. The quantitative estimate of drug-likeness (QED) is 0.352. The third kappa shape index (κ3) is 8.21. The molecule has 7 nitrogen and oxygen atoms in total. The van der Waals surface area contributed by atoms with Crippen molar-refractivity contribution in [1.29, 1.82) is 0 Å². The van der Waals surface area contributed by atoms with Crippen LogP contribution in [0.3, 0.4) is 0 Å². The molecule has 3 heterocycles. The van der Waals surface area contributed by atoms with E-state index in [0.29, 0.717) is 13.2 Å². The summed E-state index contributed by atoms with van der Waals surface area (Å²) in [6.45, 7) is 24.8. The number of carbonyl (C=O) groups excluding carboxylic acids is 1. The van der Waals surface area contributed by atoms with Crippen LogP contribution in [0, 0.1) is 11.8 Å². The van der Waals surface area contributed by atoms with Gasteiger partial charge in [-0.05, 0) is 57.3 Å². The highest BCUT2D eigenvalue weighted by molar-refractivity contribution is 5.86. The molecule has 1 saturated heterocycles. The number of piperazine rings is 1. The Hall–Kier alpha value is -2.09. The van der Waals surface area contributed by atoms with Gasteiger partial charge in [0.05, 0.1) is 13.2 Å². The van der Waals surface area contributed by atoms with Crippen LogP contribution in [-0.2, 0) is 24.2 Å². The molecule has 0 bridgehead atoms. The molecule has 2 aliphatic heterocycles. The fourth-order valence-electron chi connectivity index (χ4n) is 6.52. The lowest BCUT2D eigenvalue weighted by Gasteiger charge is -2.35. The van der Waals surface area contributed by atoms with Gasteiger partial charge in [0.25, 0.3) is 0 Å². The van der Waals surface area contributed by atoms with Crippen LogP contribution >= 0.6 is 0 Å². The number of aryl methyl sites for hydroxylation is 1. The molecule has 0 saturated carbocycles. The standard InChI is InChI=1S/C32H53N5O2/c1-6-39-32(38)36-18-13-31-29(25-36)28-11-7-8-12-30(28)37(31)17-10-15-34-21-19-33(20-22-34)14-9-16-35(23-26(2)3)24-27(4)5/h7-8,11-12,26-27H,6,9-10,13-25H2,1-5H3. The van der Waals surface area contributed by atoms with Gasteiger partial charge in [-0.3, -0.25) is 0 Å². The Morgan fingerprint density at radius 2 is 1.54 bits per heavy atom. The van der Waals surface area contributed by atoms with Gasteiger partial charge in [0.1, 0.15) is 0 Å². The molecular weight excluding hydrogens is 486 g/mol. The summed E-state index contributed by atoms with van der Waals surface area (Å²) < 4.78 is 7.81. The molecule has 2 aliphatic rings. The Bertz CT molecular complexity index is 1030. The summed E-state index contributed by atoms with van der Waals surface area (Å²) >= 11 is 0. The number of hydrogen-bond acceptors (Lipinski definition) is 5. The number of ether oxygens (including phenoxy) is 1. The number of nitrogens with zero attached hydrogens (tertiary/aromatic N) is 5. The number of fused-ring (bicyclic) bond motifs is 3. The highest BCUT2D eigenvalue weighted by Crippen LogP contribution is 2.31. The number of amides is 1. The molecule has 0 unspecified atom stereocenters. The van der Waals surface area contributed by atoms with Gasteiger partial charge >= 0.3 is 6.09 Å². The van der Waals surface area contributed by atoms with Crippen molar-refractivity contribution in [2.75, 3.05) is 72.1 Å². The van der Waals surface area contributed by atoms with Crippen LogP contribution in [0.4, 0.5) is 4.79 Å². The molecule has 4 rings (SSSR count). The smallest absolute Gasteiger partial charge is 0.410 e. The third-order valence-corrected chi connectivity index (χ3v) is 8.20. The van der Waals surface area contributed by atoms with E-state index in [0.717, 1.165) is 44.3 Å². The fourth-order valence-corrected chi connectivity index (χ4v) is 6.52. The minimum atomic E-state index is -0.192. The largest absolute Gasteiger partial charge is 0.450 e. The molecule has 0 spiro atoms. The van der Waals surface area contributed by atoms with Crippen LogP contribution in [0.5, 0.6) is 0 Å². The average molecular weight is 540 g/mol. The average Bonchev–Trinajstić information content (AvgIpc) is 3.22. The number of carbonyl (C=O) groups is 1. The van der Waals surface area contributed by atoms with Crippen molar-refractivity contribution in [1.82, 2.24) is 24.2 Å². The molecular formula is C32H53N5O2. The van der Waals surface area contributed by atoms with Crippen molar-refractivity contribution in [3.63, 3.8) is 0 Å². The second-order valence-electron chi connectivity index (χ2n) is 12.4. The number of hydrogen-bond donors (Lipinski definition) is 0. The first-order chi connectivity index (χ1) is 18.9. The van der Waals surface area contributed by atoms with E-state index in [1.807, 2.05) is 11.8 Å². The van der Waals surface area contributed by atoms with Crippen LogP contribution in [0.2, 0.25) is 0 Å². The van der Waals surface area contributed by atoms with E-state index in [2.05, 4.69) is 71.2 Å². The second kappa shape index (κ2) is 14.5. The molecule has 7 heteroatoms. The summed E-state index contributed by atoms with van der Waals surface area (Å²) in [5, 5.41) is 1.29. The SMILES string of the molecule is CCOC(=O)N1CCc2c(c3ccccc3n2CCCN2CCN(CCCN(CC(C)C)CC(C)C)CC2)C1. The topological polar surface area (TPSA) is 44.2 Å². The first kappa shape index (κ1) is 29.9. The zero-order valence-electron chi connectivity index (χ0n) is 25.3.